The van der Waals surface area contributed by atoms with E-state index < -0.39 is 0 Å². The van der Waals surface area contributed by atoms with Crippen LogP contribution in [0.15, 0.2) is 12.1 Å². The lowest BCUT2D eigenvalue weighted by atomic mass is 9.52. The zero-order valence-electron chi connectivity index (χ0n) is 14.8. The molecule has 2 N–H and O–H groups in total. The van der Waals surface area contributed by atoms with E-state index in [2.05, 4.69) is 22.0 Å². The number of nitrogens with two attached hydrogens (primary N) is 1. The fraction of sp³-hybridized carbons (Fsp3) is 0.667. The first-order chi connectivity index (χ1) is 12.2. The second kappa shape index (κ2) is 5.20. The summed E-state index contributed by atoms with van der Waals surface area (Å²) in [5.41, 5.74) is 10.8. The number of anilines is 1. The number of fused-ring (bicyclic) bond motifs is 2. The van der Waals surface area contributed by atoms with E-state index in [1.54, 1.807) is 22.5 Å². The van der Waals surface area contributed by atoms with Crippen molar-refractivity contribution in [3.63, 3.8) is 0 Å². The molecule has 2 heterocycles. The average Bonchev–Trinajstić information content (AvgIpc) is 3.35. The number of hydrogen-bond acceptors (Lipinski definition) is 4. The number of hydrogen-bond donors (Lipinski definition) is 1. The van der Waals surface area contributed by atoms with Crippen molar-refractivity contribution in [3.05, 3.63) is 23.3 Å². The third kappa shape index (κ3) is 2.16. The number of piperidine rings is 1. The van der Waals surface area contributed by atoms with Crippen molar-refractivity contribution in [3.8, 4) is 0 Å². The zero-order chi connectivity index (χ0) is 16.6. The van der Waals surface area contributed by atoms with Crippen molar-refractivity contribution >= 4 is 26.7 Å². The number of thiazole rings is 1. The number of nitrogens with zero attached hydrogens (tertiary/aromatic N) is 2. The maximum atomic E-state index is 6.01. The lowest BCUT2D eigenvalue weighted by molar-refractivity contribution is -0.0132. The summed E-state index contributed by atoms with van der Waals surface area (Å²) < 4.78 is 1.29. The van der Waals surface area contributed by atoms with Gasteiger partial charge in [0.1, 0.15) is 0 Å². The highest BCUT2D eigenvalue weighted by Gasteiger charge is 2.54. The molecule has 0 unspecified atom stereocenters. The van der Waals surface area contributed by atoms with Crippen LogP contribution in [0.25, 0.3) is 10.2 Å². The summed E-state index contributed by atoms with van der Waals surface area (Å²) in [7, 11) is 0. The van der Waals surface area contributed by atoms with Gasteiger partial charge in [0, 0.05) is 18.0 Å². The topological polar surface area (TPSA) is 42.1 Å². The quantitative estimate of drug-likeness (QED) is 0.873. The predicted molar refractivity (Wildman–Crippen MR) is 104 cm³/mol. The Hall–Kier alpha value is -1.13. The molecule has 2 bridgehead atoms. The molecule has 0 radical (unpaired) electrons. The third-order valence-electron chi connectivity index (χ3n) is 7.66. The van der Waals surface area contributed by atoms with E-state index in [-0.39, 0.29) is 0 Å². The molecule has 0 amide bonds. The molecule has 6 rings (SSSR count). The highest BCUT2D eigenvalue weighted by Crippen LogP contribution is 2.56. The molecule has 2 saturated carbocycles. The maximum Gasteiger partial charge on any atom is 0.181 e. The summed E-state index contributed by atoms with van der Waals surface area (Å²) in [5.74, 6) is 1.87. The van der Waals surface area contributed by atoms with Crippen LogP contribution in [0.4, 0.5) is 5.13 Å². The minimum atomic E-state index is 0.434. The Morgan fingerprint density at radius 2 is 2.12 bits per heavy atom. The minimum Gasteiger partial charge on any atom is -0.375 e. The second-order valence-corrected chi connectivity index (χ2v) is 10.1. The van der Waals surface area contributed by atoms with Crippen molar-refractivity contribution < 1.29 is 0 Å². The molecule has 3 fully saturated rings. The first-order valence-electron chi connectivity index (χ1n) is 10.2. The van der Waals surface area contributed by atoms with E-state index >= 15 is 0 Å². The fourth-order valence-electron chi connectivity index (χ4n) is 6.39. The Kier molecular flexibility index (Phi) is 3.11. The van der Waals surface area contributed by atoms with Crippen LogP contribution < -0.4 is 5.73 Å². The second-order valence-electron chi connectivity index (χ2n) is 9.00. The predicted octanol–water partition coefficient (Wildman–Crippen LogP) is 4.35. The van der Waals surface area contributed by atoms with E-state index in [0.29, 0.717) is 10.5 Å². The summed E-state index contributed by atoms with van der Waals surface area (Å²) in [6.07, 6.45) is 11.2. The Morgan fingerprint density at radius 1 is 1.20 bits per heavy atom. The molecule has 1 aromatic heterocycles. The van der Waals surface area contributed by atoms with Gasteiger partial charge in [-0.3, -0.25) is 4.90 Å². The van der Waals surface area contributed by atoms with Crippen LogP contribution in [0.5, 0.6) is 0 Å². The molecule has 3 aliphatic carbocycles. The highest BCUT2D eigenvalue weighted by atomic mass is 32.1. The van der Waals surface area contributed by atoms with Crippen LogP contribution in [0.2, 0.25) is 0 Å². The van der Waals surface area contributed by atoms with Gasteiger partial charge >= 0.3 is 0 Å². The summed E-state index contributed by atoms with van der Waals surface area (Å²) in [4.78, 5) is 7.50. The Bertz CT molecular complexity index is 839. The van der Waals surface area contributed by atoms with Crippen molar-refractivity contribution in [1.29, 1.82) is 0 Å². The van der Waals surface area contributed by atoms with E-state index in [1.165, 1.54) is 69.2 Å². The van der Waals surface area contributed by atoms with Crippen LogP contribution in [0.1, 0.15) is 56.1 Å². The molecule has 3 atom stereocenters. The molecule has 1 aromatic carbocycles. The SMILES string of the molecule is Nc1nc2cc3c(cc2s1)C[C@H]1[C@@H]2CCCC[C@]32CCN1CC1CC1. The normalized spacial score (nSPS) is 34.7. The zero-order valence-corrected chi connectivity index (χ0v) is 15.7. The Labute approximate surface area is 153 Å². The van der Waals surface area contributed by atoms with Crippen molar-refractivity contribution in [1.82, 2.24) is 9.88 Å². The van der Waals surface area contributed by atoms with Crippen LogP contribution in [0.3, 0.4) is 0 Å². The van der Waals surface area contributed by atoms with Gasteiger partial charge in [-0.05, 0) is 80.2 Å². The molecule has 132 valence electrons. The van der Waals surface area contributed by atoms with Gasteiger partial charge in [-0.2, -0.15) is 0 Å². The third-order valence-corrected chi connectivity index (χ3v) is 8.51. The lowest BCUT2D eigenvalue weighted by Gasteiger charge is -2.59. The summed E-state index contributed by atoms with van der Waals surface area (Å²) in [5, 5.41) is 0.716. The van der Waals surface area contributed by atoms with Gasteiger partial charge in [-0.15, -0.1) is 0 Å². The maximum absolute atomic E-state index is 6.01. The van der Waals surface area contributed by atoms with Crippen LogP contribution in [-0.4, -0.2) is 29.0 Å². The first kappa shape index (κ1) is 15.0. The molecule has 4 heteroatoms. The lowest BCUT2D eigenvalue weighted by Crippen LogP contribution is -2.61. The molecule has 3 nitrogen and oxygen atoms in total. The highest BCUT2D eigenvalue weighted by molar-refractivity contribution is 7.22. The van der Waals surface area contributed by atoms with E-state index in [9.17, 15) is 0 Å². The molecular weight excluding hydrogens is 326 g/mol. The van der Waals surface area contributed by atoms with Crippen LogP contribution in [-0.2, 0) is 11.8 Å². The Morgan fingerprint density at radius 3 is 3.00 bits per heavy atom. The van der Waals surface area contributed by atoms with E-state index in [4.69, 9.17) is 5.73 Å². The van der Waals surface area contributed by atoms with Gasteiger partial charge in [0.2, 0.25) is 0 Å². The average molecular weight is 354 g/mol. The standard InChI is InChI=1S/C21H27N3S/c22-20-23-17-11-16-14(10-19(17)25-20)9-18-15-3-1-2-6-21(15,16)7-8-24(18)12-13-4-5-13/h10-11,13,15,18H,1-9,12H2,(H2,22,23)/t15-,18-,21+/m0/s1. The van der Waals surface area contributed by atoms with E-state index in [0.717, 1.165) is 23.4 Å². The van der Waals surface area contributed by atoms with Gasteiger partial charge < -0.3 is 5.73 Å². The first-order valence-corrected chi connectivity index (χ1v) is 11.0. The molecule has 25 heavy (non-hydrogen) atoms. The molecule has 4 aliphatic rings. The molecule has 0 spiro atoms. The minimum absolute atomic E-state index is 0.434. The van der Waals surface area contributed by atoms with Gasteiger partial charge in [-0.1, -0.05) is 24.2 Å². The van der Waals surface area contributed by atoms with Gasteiger partial charge in [0.25, 0.3) is 0 Å². The van der Waals surface area contributed by atoms with Gasteiger partial charge in [-0.25, -0.2) is 4.98 Å². The monoisotopic (exact) mass is 353 g/mol. The summed E-state index contributed by atoms with van der Waals surface area (Å²) in [6.45, 7) is 2.68. The smallest absolute Gasteiger partial charge is 0.181 e. The van der Waals surface area contributed by atoms with Gasteiger partial charge in [0.05, 0.1) is 10.2 Å². The Balaban J connectivity index is 1.50. The van der Waals surface area contributed by atoms with Crippen molar-refractivity contribution in [2.45, 2.75) is 62.8 Å². The summed E-state index contributed by atoms with van der Waals surface area (Å²) >= 11 is 1.65. The largest absolute Gasteiger partial charge is 0.375 e. The van der Waals surface area contributed by atoms with Crippen LogP contribution in [0, 0.1) is 11.8 Å². The molecular formula is C21H27N3S. The van der Waals surface area contributed by atoms with Crippen LogP contribution >= 0.6 is 11.3 Å². The van der Waals surface area contributed by atoms with Gasteiger partial charge in [0.15, 0.2) is 5.13 Å². The molecule has 1 aliphatic heterocycles. The number of rotatable bonds is 2. The number of aromatic nitrogens is 1. The number of benzene rings is 1. The van der Waals surface area contributed by atoms with Crippen molar-refractivity contribution in [2.75, 3.05) is 18.8 Å². The van der Waals surface area contributed by atoms with Crippen molar-refractivity contribution in [2.24, 2.45) is 11.8 Å². The number of nitrogen functional groups attached to an aromatic ring is 1. The fourth-order valence-corrected chi connectivity index (χ4v) is 7.17. The number of likely N-dealkylation sites (tertiary alicyclic amines) is 1. The molecule has 1 saturated heterocycles. The van der Waals surface area contributed by atoms with E-state index in [1.807, 2.05) is 0 Å². The molecule has 2 aromatic rings. The summed E-state index contributed by atoms with van der Waals surface area (Å²) in [6, 6.07) is 5.66.